The second kappa shape index (κ2) is 10.3. The standard InChI is InChI=1S/C17H22O/c1-5-6-10-15(2)11-7-8-12-16(3)13-9-14-17(4)18/h5-14H,1-4H3/b6-5+,11-7+,12-8+,14-9+,15-10+,16-13+. The van der Waals surface area contributed by atoms with E-state index in [2.05, 4.69) is 19.1 Å². The lowest BCUT2D eigenvalue weighted by atomic mass is 10.2. The first-order valence-corrected chi connectivity index (χ1v) is 6.06. The van der Waals surface area contributed by atoms with Crippen molar-refractivity contribution in [3.05, 3.63) is 71.9 Å². The first-order valence-electron chi connectivity index (χ1n) is 6.06. The fraction of sp³-hybridized carbons (Fsp3) is 0.235. The fourth-order valence-corrected chi connectivity index (χ4v) is 1.11. The molecule has 1 nitrogen and oxygen atoms in total. The highest BCUT2D eigenvalue weighted by molar-refractivity contribution is 5.87. The van der Waals surface area contributed by atoms with Crippen LogP contribution in [0.3, 0.4) is 0 Å². The molecule has 0 bridgehead atoms. The van der Waals surface area contributed by atoms with Gasteiger partial charge in [0.2, 0.25) is 0 Å². The van der Waals surface area contributed by atoms with Crippen molar-refractivity contribution in [1.29, 1.82) is 0 Å². The van der Waals surface area contributed by atoms with Gasteiger partial charge in [-0.2, -0.15) is 0 Å². The van der Waals surface area contributed by atoms with E-state index in [9.17, 15) is 4.79 Å². The Hall–Kier alpha value is -1.89. The van der Waals surface area contributed by atoms with Crippen molar-refractivity contribution in [2.75, 3.05) is 0 Å². The van der Waals surface area contributed by atoms with Crippen LogP contribution in [0.1, 0.15) is 27.7 Å². The van der Waals surface area contributed by atoms with E-state index in [1.165, 1.54) is 12.5 Å². The van der Waals surface area contributed by atoms with Gasteiger partial charge in [0, 0.05) is 0 Å². The molecule has 0 aliphatic heterocycles. The molecule has 0 aromatic carbocycles. The monoisotopic (exact) mass is 242 g/mol. The summed E-state index contributed by atoms with van der Waals surface area (Å²) in [5, 5.41) is 0. The van der Waals surface area contributed by atoms with Gasteiger partial charge in [-0.25, -0.2) is 0 Å². The van der Waals surface area contributed by atoms with Gasteiger partial charge in [-0.1, -0.05) is 65.8 Å². The average Bonchev–Trinajstić information content (AvgIpc) is 2.31. The summed E-state index contributed by atoms with van der Waals surface area (Å²) in [4.78, 5) is 10.7. The molecule has 0 aromatic rings. The van der Waals surface area contributed by atoms with Crippen LogP contribution in [0, 0.1) is 0 Å². The van der Waals surface area contributed by atoms with E-state index in [0.717, 1.165) is 5.57 Å². The number of rotatable bonds is 6. The van der Waals surface area contributed by atoms with E-state index in [4.69, 9.17) is 0 Å². The summed E-state index contributed by atoms with van der Waals surface area (Å²) in [7, 11) is 0. The number of hydrogen-bond acceptors (Lipinski definition) is 1. The number of hydrogen-bond donors (Lipinski definition) is 0. The second-order valence-corrected chi connectivity index (χ2v) is 4.04. The largest absolute Gasteiger partial charge is 0.295 e. The zero-order valence-corrected chi connectivity index (χ0v) is 11.7. The maximum absolute atomic E-state index is 10.7. The molecule has 18 heavy (non-hydrogen) atoms. The molecular formula is C17H22O. The van der Waals surface area contributed by atoms with E-state index in [-0.39, 0.29) is 5.78 Å². The van der Waals surface area contributed by atoms with Gasteiger partial charge in [0.25, 0.3) is 0 Å². The molecule has 0 rings (SSSR count). The average molecular weight is 242 g/mol. The third-order valence-electron chi connectivity index (χ3n) is 2.07. The zero-order chi connectivity index (χ0) is 13.8. The minimum Gasteiger partial charge on any atom is -0.295 e. The van der Waals surface area contributed by atoms with Crippen LogP contribution in [0.5, 0.6) is 0 Å². The molecule has 0 spiro atoms. The summed E-state index contributed by atoms with van der Waals surface area (Å²) < 4.78 is 0. The molecule has 0 N–H and O–H groups in total. The molecule has 0 atom stereocenters. The minimum absolute atomic E-state index is 0.0627. The Labute approximate surface area is 111 Å². The van der Waals surface area contributed by atoms with Gasteiger partial charge in [-0.3, -0.25) is 4.79 Å². The third-order valence-corrected chi connectivity index (χ3v) is 2.07. The first-order chi connectivity index (χ1) is 8.56. The Morgan fingerprint density at radius 3 is 1.67 bits per heavy atom. The summed E-state index contributed by atoms with van der Waals surface area (Å²) >= 11 is 0. The normalized spacial score (nSPS) is 14.7. The maximum atomic E-state index is 10.7. The van der Waals surface area contributed by atoms with Gasteiger partial charge < -0.3 is 0 Å². The van der Waals surface area contributed by atoms with E-state index in [0.29, 0.717) is 0 Å². The zero-order valence-electron chi connectivity index (χ0n) is 11.7. The van der Waals surface area contributed by atoms with Gasteiger partial charge in [0.1, 0.15) is 0 Å². The minimum atomic E-state index is 0.0627. The lowest BCUT2D eigenvalue weighted by Gasteiger charge is -1.88. The lowest BCUT2D eigenvalue weighted by molar-refractivity contribution is -0.112. The molecule has 0 aliphatic carbocycles. The van der Waals surface area contributed by atoms with Crippen molar-refractivity contribution in [3.8, 4) is 0 Å². The van der Waals surface area contributed by atoms with Crippen LogP contribution < -0.4 is 0 Å². The van der Waals surface area contributed by atoms with Crippen LogP contribution in [0.15, 0.2) is 71.9 Å². The Morgan fingerprint density at radius 2 is 1.22 bits per heavy atom. The predicted molar refractivity (Wildman–Crippen MR) is 80.4 cm³/mol. The summed E-state index contributed by atoms with van der Waals surface area (Å²) in [5.41, 5.74) is 2.31. The second-order valence-electron chi connectivity index (χ2n) is 4.04. The molecule has 0 radical (unpaired) electrons. The van der Waals surface area contributed by atoms with E-state index < -0.39 is 0 Å². The quantitative estimate of drug-likeness (QED) is 0.487. The number of carbonyl (C=O) groups excluding carboxylic acids is 1. The predicted octanol–water partition coefficient (Wildman–Crippen LogP) is 4.71. The van der Waals surface area contributed by atoms with Crippen LogP contribution in [0.25, 0.3) is 0 Å². The fourth-order valence-electron chi connectivity index (χ4n) is 1.11. The Balaban J connectivity index is 4.32. The number of ketones is 1. The molecular weight excluding hydrogens is 220 g/mol. The highest BCUT2D eigenvalue weighted by Gasteiger charge is 1.80. The summed E-state index contributed by atoms with van der Waals surface area (Å²) in [6.07, 6.45) is 19.3. The lowest BCUT2D eigenvalue weighted by Crippen LogP contribution is -1.78. The molecule has 0 heterocycles. The molecule has 1 heteroatoms. The van der Waals surface area contributed by atoms with Gasteiger partial charge in [-0.15, -0.1) is 0 Å². The van der Waals surface area contributed by atoms with Crippen LogP contribution in [0.2, 0.25) is 0 Å². The summed E-state index contributed by atoms with van der Waals surface area (Å²) in [6, 6.07) is 0. The summed E-state index contributed by atoms with van der Waals surface area (Å²) in [6.45, 7) is 7.59. The molecule has 0 saturated carbocycles. The highest BCUT2D eigenvalue weighted by atomic mass is 16.1. The molecule has 0 saturated heterocycles. The Bertz CT molecular complexity index is 427. The summed E-state index contributed by atoms with van der Waals surface area (Å²) in [5.74, 6) is 0.0627. The van der Waals surface area contributed by atoms with Crippen molar-refractivity contribution in [2.24, 2.45) is 0 Å². The molecule has 0 amide bonds. The Kier molecular flexibility index (Phi) is 9.20. The van der Waals surface area contributed by atoms with Crippen molar-refractivity contribution in [2.45, 2.75) is 27.7 Å². The van der Waals surface area contributed by atoms with Crippen LogP contribution in [-0.2, 0) is 4.79 Å². The van der Waals surface area contributed by atoms with Crippen LogP contribution in [0.4, 0.5) is 0 Å². The van der Waals surface area contributed by atoms with E-state index in [1.807, 2.05) is 50.3 Å². The SMILES string of the molecule is C/C=C/C=C(C)/C=C/C=C/C(C)=C/C=C/C(C)=O. The Morgan fingerprint density at radius 1 is 0.722 bits per heavy atom. The molecule has 0 unspecified atom stereocenters. The first kappa shape index (κ1) is 16.1. The van der Waals surface area contributed by atoms with Crippen LogP contribution >= 0.6 is 0 Å². The van der Waals surface area contributed by atoms with Crippen molar-refractivity contribution < 1.29 is 4.79 Å². The highest BCUT2D eigenvalue weighted by Crippen LogP contribution is 1.99. The van der Waals surface area contributed by atoms with Gasteiger partial charge >= 0.3 is 0 Å². The molecule has 0 aliphatic rings. The van der Waals surface area contributed by atoms with Gasteiger partial charge in [0.05, 0.1) is 0 Å². The third kappa shape index (κ3) is 10.6. The molecule has 96 valence electrons. The number of allylic oxidation sites excluding steroid dienone is 12. The molecule has 0 fully saturated rings. The smallest absolute Gasteiger partial charge is 0.152 e. The topological polar surface area (TPSA) is 17.1 Å². The van der Waals surface area contributed by atoms with Gasteiger partial charge in [-0.05, 0) is 33.8 Å². The van der Waals surface area contributed by atoms with E-state index >= 15 is 0 Å². The van der Waals surface area contributed by atoms with Crippen LogP contribution in [-0.4, -0.2) is 5.78 Å². The van der Waals surface area contributed by atoms with Gasteiger partial charge in [0.15, 0.2) is 5.78 Å². The van der Waals surface area contributed by atoms with Crippen molar-refractivity contribution >= 4 is 5.78 Å². The number of carbonyl (C=O) groups is 1. The van der Waals surface area contributed by atoms with Crippen molar-refractivity contribution in [1.82, 2.24) is 0 Å². The maximum Gasteiger partial charge on any atom is 0.152 e. The van der Waals surface area contributed by atoms with E-state index in [1.54, 1.807) is 12.2 Å². The molecule has 0 aromatic heterocycles. The van der Waals surface area contributed by atoms with Crippen molar-refractivity contribution in [3.63, 3.8) is 0 Å².